The van der Waals surface area contributed by atoms with Crippen LogP contribution in [0.5, 0.6) is 11.5 Å². The second kappa shape index (κ2) is 3.50. The Hall–Kier alpha value is -1.64. The largest absolute Gasteiger partial charge is 0.632 e. The van der Waals surface area contributed by atoms with Crippen LogP contribution in [0.1, 0.15) is 12.8 Å². The first kappa shape index (κ1) is 8.66. The van der Waals surface area contributed by atoms with Gasteiger partial charge in [-0.2, -0.15) is 0 Å². The van der Waals surface area contributed by atoms with E-state index >= 15 is 0 Å². The van der Waals surface area contributed by atoms with Crippen molar-refractivity contribution in [3.8, 4) is 11.5 Å². The summed E-state index contributed by atoms with van der Waals surface area (Å²) in [4.78, 5) is 0. The van der Waals surface area contributed by atoms with Gasteiger partial charge >= 0.3 is 7.12 Å². The maximum absolute atomic E-state index is 5.70. The molecule has 0 unspecified atom stereocenters. The number of rotatable bonds is 1. The first-order chi connectivity index (χ1) is 7.43. The van der Waals surface area contributed by atoms with Gasteiger partial charge in [0.1, 0.15) is 11.5 Å². The summed E-state index contributed by atoms with van der Waals surface area (Å²) in [7, 11) is -0.251. The lowest BCUT2D eigenvalue weighted by molar-refractivity contribution is 0.512. The van der Waals surface area contributed by atoms with Crippen LogP contribution in [0.4, 0.5) is 0 Å². The Labute approximate surface area is 89.3 Å². The van der Waals surface area contributed by atoms with Gasteiger partial charge in [-0.05, 0) is 25.0 Å². The second-order valence-corrected chi connectivity index (χ2v) is 3.70. The fourth-order valence-electron chi connectivity index (χ4n) is 1.84. The van der Waals surface area contributed by atoms with E-state index in [1.807, 2.05) is 24.3 Å². The number of para-hydroxylation sites is 2. The van der Waals surface area contributed by atoms with Crippen LogP contribution in [0.25, 0.3) is 0 Å². The van der Waals surface area contributed by atoms with Crippen molar-refractivity contribution in [3.63, 3.8) is 0 Å². The molecule has 3 rings (SSSR count). The molecule has 1 aliphatic carbocycles. The van der Waals surface area contributed by atoms with Crippen molar-refractivity contribution in [1.29, 1.82) is 0 Å². The molecule has 0 spiro atoms. The molecule has 0 N–H and O–H groups in total. The van der Waals surface area contributed by atoms with Crippen LogP contribution in [-0.4, -0.2) is 7.12 Å². The highest BCUT2D eigenvalue weighted by molar-refractivity contribution is 6.57. The average Bonchev–Trinajstić information content (AvgIpc) is 2.74. The van der Waals surface area contributed by atoms with Crippen LogP contribution in [0, 0.1) is 0 Å². The molecule has 1 aliphatic heterocycles. The van der Waals surface area contributed by atoms with Crippen LogP contribution in [-0.2, 0) is 0 Å². The highest BCUT2D eigenvalue weighted by Gasteiger charge is 2.34. The van der Waals surface area contributed by atoms with Crippen LogP contribution in [0.3, 0.4) is 0 Å². The van der Waals surface area contributed by atoms with E-state index in [4.69, 9.17) is 9.31 Å². The molecule has 15 heavy (non-hydrogen) atoms. The minimum Gasteiger partial charge on any atom is -0.519 e. The Morgan fingerprint density at radius 3 is 2.33 bits per heavy atom. The molecule has 0 fully saturated rings. The molecule has 1 heterocycles. The van der Waals surface area contributed by atoms with Crippen molar-refractivity contribution in [2.45, 2.75) is 12.8 Å². The molecule has 0 radical (unpaired) electrons. The molecular formula is C12H11BO2. The molecule has 2 nitrogen and oxygen atoms in total. The van der Waals surface area contributed by atoms with Gasteiger partial charge in [0.15, 0.2) is 0 Å². The minimum atomic E-state index is -0.251. The lowest BCUT2D eigenvalue weighted by Gasteiger charge is -2.08. The van der Waals surface area contributed by atoms with E-state index in [9.17, 15) is 0 Å². The third-order valence-electron chi connectivity index (χ3n) is 2.61. The number of hydrogen-bond acceptors (Lipinski definition) is 2. The van der Waals surface area contributed by atoms with Gasteiger partial charge in [-0.15, -0.1) is 0 Å². The Kier molecular flexibility index (Phi) is 2.02. The van der Waals surface area contributed by atoms with Gasteiger partial charge in [0.2, 0.25) is 0 Å². The molecule has 0 amide bonds. The molecule has 2 aliphatic rings. The zero-order valence-electron chi connectivity index (χ0n) is 8.35. The van der Waals surface area contributed by atoms with Gasteiger partial charge < -0.3 is 9.31 Å². The summed E-state index contributed by atoms with van der Waals surface area (Å²) < 4.78 is 11.4. The van der Waals surface area contributed by atoms with E-state index in [0.717, 1.165) is 29.8 Å². The van der Waals surface area contributed by atoms with E-state index in [0.29, 0.717) is 0 Å². The van der Waals surface area contributed by atoms with Crippen molar-refractivity contribution in [2.24, 2.45) is 0 Å². The molecular weight excluding hydrogens is 187 g/mol. The highest BCUT2D eigenvalue weighted by atomic mass is 16.6. The van der Waals surface area contributed by atoms with Crippen LogP contribution in [0.2, 0.25) is 0 Å². The molecule has 1 aromatic rings. The van der Waals surface area contributed by atoms with E-state index in [-0.39, 0.29) is 7.12 Å². The minimum absolute atomic E-state index is 0.251. The van der Waals surface area contributed by atoms with Gasteiger partial charge in [0.25, 0.3) is 0 Å². The fraction of sp³-hybridized carbons (Fsp3) is 0.167. The SMILES string of the molecule is C1=CC(B2Oc3ccccc3O2)=CCC1. The number of benzene rings is 1. The summed E-state index contributed by atoms with van der Waals surface area (Å²) in [5, 5.41) is 0. The van der Waals surface area contributed by atoms with E-state index < -0.39 is 0 Å². The second-order valence-electron chi connectivity index (χ2n) is 3.70. The third kappa shape index (κ3) is 1.54. The molecule has 74 valence electrons. The maximum Gasteiger partial charge on any atom is 0.632 e. The predicted octanol–water partition coefficient (Wildman–Crippen LogP) is 2.76. The van der Waals surface area contributed by atoms with Gasteiger partial charge in [0, 0.05) is 5.47 Å². The molecule has 0 atom stereocenters. The summed E-state index contributed by atoms with van der Waals surface area (Å²) in [6, 6.07) is 7.77. The van der Waals surface area contributed by atoms with Crippen molar-refractivity contribution in [1.82, 2.24) is 0 Å². The summed E-state index contributed by atoms with van der Waals surface area (Å²) in [6.07, 6.45) is 8.61. The summed E-state index contributed by atoms with van der Waals surface area (Å²) in [5.74, 6) is 1.67. The van der Waals surface area contributed by atoms with Crippen LogP contribution in [0.15, 0.2) is 48.0 Å². The summed E-state index contributed by atoms with van der Waals surface area (Å²) in [6.45, 7) is 0. The lowest BCUT2D eigenvalue weighted by Crippen LogP contribution is -2.27. The molecule has 3 heteroatoms. The van der Waals surface area contributed by atoms with Gasteiger partial charge in [-0.1, -0.05) is 30.4 Å². The first-order valence-corrected chi connectivity index (χ1v) is 5.22. The van der Waals surface area contributed by atoms with E-state index in [1.165, 1.54) is 0 Å². The summed E-state index contributed by atoms with van der Waals surface area (Å²) in [5.41, 5.74) is 1.12. The predicted molar refractivity (Wildman–Crippen MR) is 59.9 cm³/mol. The van der Waals surface area contributed by atoms with Gasteiger partial charge in [-0.3, -0.25) is 0 Å². The van der Waals surface area contributed by atoms with Crippen molar-refractivity contribution < 1.29 is 9.31 Å². The number of allylic oxidation sites excluding steroid dienone is 4. The topological polar surface area (TPSA) is 18.5 Å². The zero-order valence-corrected chi connectivity index (χ0v) is 8.35. The normalized spacial score (nSPS) is 17.9. The third-order valence-corrected chi connectivity index (χ3v) is 2.61. The first-order valence-electron chi connectivity index (χ1n) is 5.22. The standard InChI is InChI=1S/C12H11BO2/c1-2-6-10(7-3-1)13-14-11-8-4-5-9-12(11)15-13/h2,4-9H,1,3H2. The van der Waals surface area contributed by atoms with Gasteiger partial charge in [0.05, 0.1) is 0 Å². The molecule has 0 saturated carbocycles. The molecule has 0 aromatic heterocycles. The molecule has 0 bridgehead atoms. The average molecular weight is 198 g/mol. The van der Waals surface area contributed by atoms with E-state index in [2.05, 4.69) is 18.2 Å². The highest BCUT2D eigenvalue weighted by Crippen LogP contribution is 2.34. The lowest BCUT2D eigenvalue weighted by atomic mass is 9.76. The van der Waals surface area contributed by atoms with Crippen molar-refractivity contribution >= 4 is 7.12 Å². The number of hydrogen-bond donors (Lipinski definition) is 0. The Morgan fingerprint density at radius 2 is 1.73 bits per heavy atom. The smallest absolute Gasteiger partial charge is 0.519 e. The van der Waals surface area contributed by atoms with Crippen LogP contribution < -0.4 is 9.31 Å². The van der Waals surface area contributed by atoms with Crippen LogP contribution >= 0.6 is 0 Å². The maximum atomic E-state index is 5.70. The number of fused-ring (bicyclic) bond motifs is 1. The van der Waals surface area contributed by atoms with Gasteiger partial charge in [-0.25, -0.2) is 0 Å². The Bertz CT molecular complexity index is 412. The van der Waals surface area contributed by atoms with Crippen molar-refractivity contribution in [3.05, 3.63) is 48.0 Å². The fourth-order valence-corrected chi connectivity index (χ4v) is 1.84. The quantitative estimate of drug-likeness (QED) is 0.646. The summed E-state index contributed by atoms with van der Waals surface area (Å²) >= 11 is 0. The Morgan fingerprint density at radius 1 is 1.00 bits per heavy atom. The Balaban J connectivity index is 1.84. The van der Waals surface area contributed by atoms with Crippen molar-refractivity contribution in [2.75, 3.05) is 0 Å². The molecule has 1 aromatic carbocycles. The zero-order chi connectivity index (χ0) is 10.1. The monoisotopic (exact) mass is 198 g/mol. The molecule has 0 saturated heterocycles. The van der Waals surface area contributed by atoms with E-state index in [1.54, 1.807) is 0 Å².